The molecule has 0 radical (unpaired) electrons. The third-order valence-electron chi connectivity index (χ3n) is 6.83. The predicted molar refractivity (Wildman–Crippen MR) is 142 cm³/mol. The van der Waals surface area contributed by atoms with Crippen LogP contribution in [-0.2, 0) is 11.2 Å². The number of aryl methyl sites for hydroxylation is 1. The number of aromatic nitrogens is 4. The Morgan fingerprint density at radius 1 is 0.861 bits per heavy atom. The van der Waals surface area contributed by atoms with Gasteiger partial charge in [-0.05, 0) is 37.1 Å². The van der Waals surface area contributed by atoms with Crippen LogP contribution >= 0.6 is 0 Å². The minimum Gasteiger partial charge on any atom is -0.341 e. The molecule has 0 bridgehead atoms. The molecule has 0 spiro atoms. The van der Waals surface area contributed by atoms with Crippen LogP contribution < -0.4 is 4.90 Å². The monoisotopic (exact) mass is 476 g/mol. The minimum absolute atomic E-state index is 0.171. The fourth-order valence-corrected chi connectivity index (χ4v) is 5.00. The van der Waals surface area contributed by atoms with E-state index in [9.17, 15) is 4.79 Å². The molecule has 0 unspecified atom stereocenters. The quantitative estimate of drug-likeness (QED) is 0.381. The first-order valence-corrected chi connectivity index (χ1v) is 12.4. The van der Waals surface area contributed by atoms with Gasteiger partial charge in [0.1, 0.15) is 0 Å². The van der Waals surface area contributed by atoms with Gasteiger partial charge in [0.05, 0.1) is 11.9 Å². The maximum absolute atomic E-state index is 13.0. The summed E-state index contributed by atoms with van der Waals surface area (Å²) in [6.45, 7) is 4.99. The Morgan fingerprint density at radius 3 is 2.56 bits per heavy atom. The molecule has 2 aromatic heterocycles. The van der Waals surface area contributed by atoms with Gasteiger partial charge in [0.25, 0.3) is 0 Å². The summed E-state index contributed by atoms with van der Waals surface area (Å²) in [5.74, 6) is 1.77. The molecule has 1 amide bonds. The van der Waals surface area contributed by atoms with E-state index in [0.717, 1.165) is 59.0 Å². The largest absolute Gasteiger partial charge is 0.341 e. The van der Waals surface area contributed by atoms with Crippen molar-refractivity contribution in [1.82, 2.24) is 24.5 Å². The summed E-state index contributed by atoms with van der Waals surface area (Å²) in [6.07, 6.45) is 1.31. The van der Waals surface area contributed by atoms with Crippen molar-refractivity contribution >= 4 is 28.4 Å². The fraction of sp³-hybridized carbons (Fsp3) is 0.241. The van der Waals surface area contributed by atoms with Crippen LogP contribution in [0.3, 0.4) is 0 Å². The van der Waals surface area contributed by atoms with Gasteiger partial charge in [-0.15, -0.1) is 10.2 Å². The molecule has 1 fully saturated rings. The Kier molecular flexibility index (Phi) is 5.81. The van der Waals surface area contributed by atoms with Gasteiger partial charge in [-0.25, -0.2) is 9.38 Å². The number of anilines is 1. The molecule has 0 aliphatic carbocycles. The smallest absolute Gasteiger partial charge is 0.227 e. The third-order valence-corrected chi connectivity index (χ3v) is 6.83. The average molecular weight is 477 g/mol. The van der Waals surface area contributed by atoms with Crippen LogP contribution in [-0.4, -0.2) is 56.6 Å². The highest BCUT2D eigenvalue weighted by atomic mass is 16.2. The topological polar surface area (TPSA) is 66.6 Å². The second kappa shape index (κ2) is 9.41. The lowest BCUT2D eigenvalue weighted by molar-refractivity contribution is -0.130. The number of hydrogen-bond acceptors (Lipinski definition) is 5. The summed E-state index contributed by atoms with van der Waals surface area (Å²) in [4.78, 5) is 22.4. The van der Waals surface area contributed by atoms with E-state index in [0.29, 0.717) is 19.5 Å². The van der Waals surface area contributed by atoms with E-state index >= 15 is 0 Å². The first kappa shape index (κ1) is 22.2. The van der Waals surface area contributed by atoms with Crippen molar-refractivity contribution in [1.29, 1.82) is 0 Å². The van der Waals surface area contributed by atoms with Crippen LogP contribution in [0.2, 0.25) is 0 Å². The summed E-state index contributed by atoms with van der Waals surface area (Å²) in [5, 5.41) is 10.2. The van der Waals surface area contributed by atoms with Crippen molar-refractivity contribution in [3.8, 4) is 11.4 Å². The van der Waals surface area contributed by atoms with Gasteiger partial charge in [-0.2, -0.15) is 0 Å². The Labute approximate surface area is 210 Å². The maximum atomic E-state index is 13.0. The zero-order valence-electron chi connectivity index (χ0n) is 20.3. The zero-order chi connectivity index (χ0) is 24.5. The number of fused-ring (bicyclic) bond motifs is 3. The standard InChI is InChI=1S/C29H28N6O/c1-21-9-7-12-23(19-21)27-31-32-28-24-13-5-6-14-25(24)30-29(35(27)28)34-16-8-15-33(17-18-34)26(36)20-22-10-3-2-4-11-22/h2-7,9-14,19H,8,15-18,20H2,1H3. The van der Waals surface area contributed by atoms with E-state index in [4.69, 9.17) is 4.98 Å². The van der Waals surface area contributed by atoms with Crippen molar-refractivity contribution in [3.05, 3.63) is 90.0 Å². The van der Waals surface area contributed by atoms with Crippen molar-refractivity contribution < 1.29 is 4.79 Å². The molecule has 0 atom stereocenters. The van der Waals surface area contributed by atoms with Crippen LogP contribution in [0.25, 0.3) is 27.9 Å². The van der Waals surface area contributed by atoms with Crippen molar-refractivity contribution in [3.63, 3.8) is 0 Å². The van der Waals surface area contributed by atoms with Crippen LogP contribution in [0.1, 0.15) is 17.5 Å². The first-order chi connectivity index (χ1) is 17.7. The molecular weight excluding hydrogens is 448 g/mol. The predicted octanol–water partition coefficient (Wildman–Crippen LogP) is 4.53. The average Bonchev–Trinajstić information content (AvgIpc) is 3.20. The number of carbonyl (C=O) groups excluding carboxylic acids is 1. The van der Waals surface area contributed by atoms with Gasteiger partial charge >= 0.3 is 0 Å². The normalized spacial score (nSPS) is 14.4. The molecule has 36 heavy (non-hydrogen) atoms. The number of rotatable bonds is 4. The highest BCUT2D eigenvalue weighted by Gasteiger charge is 2.24. The third kappa shape index (κ3) is 4.17. The van der Waals surface area contributed by atoms with E-state index < -0.39 is 0 Å². The van der Waals surface area contributed by atoms with E-state index in [1.165, 1.54) is 5.56 Å². The number of carbonyl (C=O) groups is 1. The SMILES string of the molecule is Cc1cccc(-c2nnc3c4ccccc4nc(N4CCCN(C(=O)Cc5ccccc5)CC4)n23)c1. The maximum Gasteiger partial charge on any atom is 0.227 e. The summed E-state index contributed by atoms with van der Waals surface area (Å²) >= 11 is 0. The molecule has 3 aromatic carbocycles. The van der Waals surface area contributed by atoms with E-state index in [-0.39, 0.29) is 5.91 Å². The van der Waals surface area contributed by atoms with E-state index in [2.05, 4.69) is 44.6 Å². The van der Waals surface area contributed by atoms with E-state index in [1.54, 1.807) is 0 Å². The number of amides is 1. The first-order valence-electron chi connectivity index (χ1n) is 12.4. The molecule has 1 aliphatic heterocycles. The molecule has 7 heteroatoms. The van der Waals surface area contributed by atoms with Gasteiger partial charge in [0, 0.05) is 37.1 Å². The number of para-hydroxylation sites is 1. The van der Waals surface area contributed by atoms with E-state index in [1.807, 2.05) is 65.6 Å². The van der Waals surface area contributed by atoms with Crippen LogP contribution in [0.5, 0.6) is 0 Å². The molecule has 5 aromatic rings. The molecule has 0 N–H and O–H groups in total. The lowest BCUT2D eigenvalue weighted by Crippen LogP contribution is -2.36. The molecule has 7 nitrogen and oxygen atoms in total. The Balaban J connectivity index is 1.36. The lowest BCUT2D eigenvalue weighted by Gasteiger charge is -2.24. The van der Waals surface area contributed by atoms with Crippen molar-refractivity contribution in [2.24, 2.45) is 0 Å². The molecule has 6 rings (SSSR count). The summed E-state index contributed by atoms with van der Waals surface area (Å²) in [5.41, 5.74) is 4.92. The molecule has 1 aliphatic rings. The fourth-order valence-electron chi connectivity index (χ4n) is 5.00. The second-order valence-corrected chi connectivity index (χ2v) is 9.36. The number of hydrogen-bond donors (Lipinski definition) is 0. The van der Waals surface area contributed by atoms with Crippen LogP contribution in [0, 0.1) is 6.92 Å². The van der Waals surface area contributed by atoms with Gasteiger partial charge in [0.2, 0.25) is 11.9 Å². The van der Waals surface area contributed by atoms with Gasteiger partial charge in [-0.1, -0.05) is 66.2 Å². The Morgan fingerprint density at radius 2 is 1.69 bits per heavy atom. The Bertz CT molecular complexity index is 1540. The molecule has 0 saturated carbocycles. The van der Waals surface area contributed by atoms with Crippen LogP contribution in [0.15, 0.2) is 78.9 Å². The summed E-state index contributed by atoms with van der Waals surface area (Å²) < 4.78 is 2.08. The van der Waals surface area contributed by atoms with Gasteiger partial charge in [-0.3, -0.25) is 4.79 Å². The van der Waals surface area contributed by atoms with Crippen molar-refractivity contribution in [2.75, 3.05) is 31.1 Å². The van der Waals surface area contributed by atoms with Crippen molar-refractivity contribution in [2.45, 2.75) is 19.8 Å². The van der Waals surface area contributed by atoms with Gasteiger partial charge < -0.3 is 9.80 Å². The van der Waals surface area contributed by atoms with Crippen LogP contribution in [0.4, 0.5) is 5.95 Å². The number of nitrogens with zero attached hydrogens (tertiary/aromatic N) is 6. The highest BCUT2D eigenvalue weighted by Crippen LogP contribution is 2.29. The zero-order valence-corrected chi connectivity index (χ0v) is 20.3. The Hall–Kier alpha value is -4.26. The summed E-state index contributed by atoms with van der Waals surface area (Å²) in [6, 6.07) is 26.3. The summed E-state index contributed by atoms with van der Waals surface area (Å²) in [7, 11) is 0. The molecule has 1 saturated heterocycles. The highest BCUT2D eigenvalue weighted by molar-refractivity contribution is 5.93. The molecular formula is C29H28N6O. The second-order valence-electron chi connectivity index (χ2n) is 9.36. The van der Waals surface area contributed by atoms with Gasteiger partial charge in [0.15, 0.2) is 11.5 Å². The molecule has 3 heterocycles. The lowest BCUT2D eigenvalue weighted by atomic mass is 10.1. The minimum atomic E-state index is 0.171. The molecule has 180 valence electrons. The number of benzene rings is 3.